The molecule has 2 saturated heterocycles. The highest BCUT2D eigenvalue weighted by Gasteiger charge is 2.40. The van der Waals surface area contributed by atoms with Gasteiger partial charge < -0.3 is 24.8 Å². The lowest BCUT2D eigenvalue weighted by molar-refractivity contribution is -0.135. The molecule has 4 heterocycles. The minimum atomic E-state index is -0.648. The molecule has 12 nitrogen and oxygen atoms in total. The Morgan fingerprint density at radius 2 is 1.77 bits per heavy atom. The van der Waals surface area contributed by atoms with Crippen molar-refractivity contribution in [2.45, 2.75) is 44.9 Å². The highest BCUT2D eigenvalue weighted by Crippen LogP contribution is 2.39. The molecule has 2 aliphatic heterocycles. The van der Waals surface area contributed by atoms with E-state index >= 15 is 0 Å². The Labute approximate surface area is 253 Å². The summed E-state index contributed by atoms with van der Waals surface area (Å²) in [5.41, 5.74) is 0.848. The SMILES string of the molecule is O.O=C(Nc1ccc(Cl)cn1)c1oc2ccc(C(=O)N3CCOCC3)cc2c1N(C(=O)C1CCCCC1)N1CCCC1=O. The molecule has 3 N–H and O–H groups in total. The second-order valence-electron chi connectivity index (χ2n) is 10.8. The third kappa shape index (κ3) is 6.22. The molecule has 43 heavy (non-hydrogen) atoms. The Morgan fingerprint density at radius 1 is 1.00 bits per heavy atom. The fourth-order valence-corrected chi connectivity index (χ4v) is 5.98. The third-order valence-electron chi connectivity index (χ3n) is 8.05. The zero-order valence-corrected chi connectivity index (χ0v) is 24.4. The van der Waals surface area contributed by atoms with Crippen LogP contribution in [0.25, 0.3) is 11.0 Å². The van der Waals surface area contributed by atoms with Crippen molar-refractivity contribution >= 4 is 57.7 Å². The molecule has 0 radical (unpaired) electrons. The molecular weight excluding hydrogens is 578 g/mol. The summed E-state index contributed by atoms with van der Waals surface area (Å²) in [5, 5.41) is 6.30. The van der Waals surface area contributed by atoms with Gasteiger partial charge in [0.25, 0.3) is 11.8 Å². The van der Waals surface area contributed by atoms with Crippen LogP contribution < -0.4 is 10.3 Å². The monoisotopic (exact) mass is 611 g/mol. The third-order valence-corrected chi connectivity index (χ3v) is 8.27. The molecule has 2 aromatic heterocycles. The van der Waals surface area contributed by atoms with Gasteiger partial charge in [-0.25, -0.2) is 15.0 Å². The fourth-order valence-electron chi connectivity index (χ4n) is 5.87. The number of nitrogens with one attached hydrogen (secondary N) is 1. The second-order valence-corrected chi connectivity index (χ2v) is 11.3. The van der Waals surface area contributed by atoms with Gasteiger partial charge in [-0.1, -0.05) is 30.9 Å². The molecule has 1 aliphatic carbocycles. The Morgan fingerprint density at radius 3 is 2.44 bits per heavy atom. The number of rotatable bonds is 6. The zero-order valence-electron chi connectivity index (χ0n) is 23.6. The molecule has 6 rings (SSSR count). The van der Waals surface area contributed by atoms with Crippen LogP contribution in [0.2, 0.25) is 5.02 Å². The molecule has 0 atom stereocenters. The largest absolute Gasteiger partial charge is 0.449 e. The Balaban J connectivity index is 0.00000368. The molecule has 1 aromatic carbocycles. The van der Waals surface area contributed by atoms with E-state index < -0.39 is 5.91 Å². The number of amides is 4. The predicted octanol–water partition coefficient (Wildman–Crippen LogP) is 3.83. The van der Waals surface area contributed by atoms with Crippen LogP contribution in [0.5, 0.6) is 0 Å². The van der Waals surface area contributed by atoms with E-state index in [-0.39, 0.29) is 46.4 Å². The van der Waals surface area contributed by atoms with Crippen molar-refractivity contribution in [1.29, 1.82) is 0 Å². The van der Waals surface area contributed by atoms with E-state index in [4.69, 9.17) is 20.8 Å². The highest BCUT2D eigenvalue weighted by atomic mass is 35.5. The lowest BCUT2D eigenvalue weighted by Crippen LogP contribution is -2.50. The predicted molar refractivity (Wildman–Crippen MR) is 159 cm³/mol. The Bertz CT molecular complexity index is 1510. The van der Waals surface area contributed by atoms with E-state index in [0.717, 1.165) is 19.3 Å². The summed E-state index contributed by atoms with van der Waals surface area (Å²) in [6, 6.07) is 8.06. The first-order chi connectivity index (χ1) is 20.4. The van der Waals surface area contributed by atoms with Crippen LogP contribution in [-0.4, -0.2) is 76.8 Å². The molecule has 4 amide bonds. The first kappa shape index (κ1) is 30.5. The molecule has 228 valence electrons. The summed E-state index contributed by atoms with van der Waals surface area (Å²) < 4.78 is 11.5. The number of carbonyl (C=O) groups excluding carboxylic acids is 4. The maximum Gasteiger partial charge on any atom is 0.294 e. The van der Waals surface area contributed by atoms with E-state index in [0.29, 0.717) is 80.1 Å². The first-order valence-corrected chi connectivity index (χ1v) is 14.8. The van der Waals surface area contributed by atoms with Gasteiger partial charge in [0.2, 0.25) is 17.6 Å². The molecule has 13 heteroatoms. The van der Waals surface area contributed by atoms with Crippen molar-refractivity contribution in [3.05, 3.63) is 52.9 Å². The Kier molecular flexibility index (Phi) is 9.28. The second kappa shape index (κ2) is 13.1. The van der Waals surface area contributed by atoms with Gasteiger partial charge in [0.15, 0.2) is 0 Å². The number of nitrogens with zero attached hydrogens (tertiary/aromatic N) is 4. The van der Waals surface area contributed by atoms with Crippen molar-refractivity contribution in [2.75, 3.05) is 43.2 Å². The van der Waals surface area contributed by atoms with Gasteiger partial charge in [0.05, 0.1) is 18.2 Å². The standard InChI is InChI=1S/C30H32ClN5O6.H2O/c31-21-9-11-24(32-18-21)33-28(38)27-26(36(35-12-4-7-25(35)37)30(40)19-5-2-1-3-6-19)22-17-20(8-10-23(22)42-27)29(39)34-13-15-41-16-14-34;/h8-11,17-19H,1-7,12-16H2,(H,32,33,38);1H2. The van der Waals surface area contributed by atoms with Gasteiger partial charge in [0.1, 0.15) is 17.1 Å². The normalized spacial score (nSPS) is 17.6. The summed E-state index contributed by atoms with van der Waals surface area (Å²) in [6.07, 6.45) is 6.56. The molecule has 0 unspecified atom stereocenters. The molecular formula is C30H34ClN5O7. The number of ether oxygens (including phenoxy) is 1. The fraction of sp³-hybridized carbons (Fsp3) is 0.433. The zero-order chi connectivity index (χ0) is 29.2. The van der Waals surface area contributed by atoms with E-state index in [2.05, 4.69) is 10.3 Å². The summed E-state index contributed by atoms with van der Waals surface area (Å²) in [6.45, 7) is 2.16. The van der Waals surface area contributed by atoms with Crippen molar-refractivity contribution in [2.24, 2.45) is 5.92 Å². The number of benzene rings is 1. The molecule has 1 saturated carbocycles. The number of halogens is 1. The van der Waals surface area contributed by atoms with E-state index in [1.54, 1.807) is 35.2 Å². The number of hydrogen-bond donors (Lipinski definition) is 1. The van der Waals surface area contributed by atoms with Crippen molar-refractivity contribution in [3.8, 4) is 0 Å². The number of morpholine rings is 1. The number of carbonyl (C=O) groups is 4. The van der Waals surface area contributed by atoms with Gasteiger partial charge in [0, 0.05) is 49.1 Å². The topological polar surface area (TPSA) is 157 Å². The van der Waals surface area contributed by atoms with Gasteiger partial charge in [-0.05, 0) is 49.6 Å². The van der Waals surface area contributed by atoms with Crippen LogP contribution in [0.4, 0.5) is 11.5 Å². The average molecular weight is 612 g/mol. The van der Waals surface area contributed by atoms with Crippen LogP contribution in [0.3, 0.4) is 0 Å². The number of pyridine rings is 1. The minimum absolute atomic E-state index is 0. The quantitative estimate of drug-likeness (QED) is 0.444. The summed E-state index contributed by atoms with van der Waals surface area (Å²) >= 11 is 5.96. The van der Waals surface area contributed by atoms with Gasteiger partial charge in [-0.3, -0.25) is 19.2 Å². The van der Waals surface area contributed by atoms with E-state index in [9.17, 15) is 19.2 Å². The number of anilines is 2. The maximum absolute atomic E-state index is 14.3. The molecule has 0 bridgehead atoms. The molecule has 3 aliphatic rings. The first-order valence-electron chi connectivity index (χ1n) is 14.4. The number of hydrazine groups is 1. The lowest BCUT2D eigenvalue weighted by atomic mass is 9.88. The van der Waals surface area contributed by atoms with Crippen molar-refractivity contribution in [1.82, 2.24) is 14.9 Å². The van der Waals surface area contributed by atoms with Crippen LogP contribution in [0, 0.1) is 5.92 Å². The molecule has 3 aromatic rings. The average Bonchev–Trinajstić information content (AvgIpc) is 3.62. The Hall–Kier alpha value is -4.00. The number of furan rings is 1. The van der Waals surface area contributed by atoms with Gasteiger partial charge >= 0.3 is 0 Å². The van der Waals surface area contributed by atoms with Crippen molar-refractivity contribution < 1.29 is 33.8 Å². The van der Waals surface area contributed by atoms with Gasteiger partial charge in [-0.15, -0.1) is 0 Å². The molecule has 3 fully saturated rings. The number of hydrogen-bond acceptors (Lipinski definition) is 7. The summed E-state index contributed by atoms with van der Waals surface area (Å²) in [4.78, 5) is 60.4. The smallest absolute Gasteiger partial charge is 0.294 e. The summed E-state index contributed by atoms with van der Waals surface area (Å²) in [7, 11) is 0. The van der Waals surface area contributed by atoms with E-state index in [1.807, 2.05) is 0 Å². The lowest BCUT2D eigenvalue weighted by Gasteiger charge is -2.35. The van der Waals surface area contributed by atoms with Crippen molar-refractivity contribution in [3.63, 3.8) is 0 Å². The number of fused-ring (bicyclic) bond motifs is 1. The highest BCUT2D eigenvalue weighted by molar-refractivity contribution is 6.30. The number of aromatic nitrogens is 1. The molecule has 0 spiro atoms. The van der Waals surface area contributed by atoms with Crippen LogP contribution in [0.15, 0.2) is 40.9 Å². The summed E-state index contributed by atoms with van der Waals surface area (Å²) in [5.74, 6) is -1.51. The van der Waals surface area contributed by atoms with E-state index in [1.165, 1.54) is 16.2 Å². The van der Waals surface area contributed by atoms with Crippen LogP contribution in [0.1, 0.15) is 65.9 Å². The minimum Gasteiger partial charge on any atom is -0.449 e. The van der Waals surface area contributed by atoms with Crippen LogP contribution >= 0.6 is 11.6 Å². The maximum atomic E-state index is 14.3. The van der Waals surface area contributed by atoms with Crippen LogP contribution in [-0.2, 0) is 14.3 Å². The van der Waals surface area contributed by atoms with Gasteiger partial charge in [-0.2, -0.15) is 0 Å².